The van der Waals surface area contributed by atoms with Crippen LogP contribution in [-0.2, 0) is 23.8 Å². The van der Waals surface area contributed by atoms with Crippen molar-refractivity contribution in [2.45, 2.75) is 83.3 Å². The smallest absolute Gasteiger partial charge is 0.303 e. The van der Waals surface area contributed by atoms with Gasteiger partial charge < -0.3 is 28.8 Å². The van der Waals surface area contributed by atoms with Gasteiger partial charge in [-0.2, -0.15) is 0 Å². The number of ether oxygens (including phenoxy) is 3. The molecular weight excluding hydrogens is 420 g/mol. The summed E-state index contributed by atoms with van der Waals surface area (Å²) in [7, 11) is -2.00. The van der Waals surface area contributed by atoms with Gasteiger partial charge >= 0.3 is 11.9 Å². The van der Waals surface area contributed by atoms with E-state index >= 15 is 0 Å². The predicted molar refractivity (Wildman–Crippen MR) is 116 cm³/mol. The quantitative estimate of drug-likeness (QED) is 0.499. The largest absolute Gasteiger partial charge is 0.544 e. The minimum absolute atomic E-state index is 0.0497. The standard InChI is InChI=1S/C22H34O8Si/c1-13(23)27-12-17-21(28-14(2)24)19(26)18(25)20(29-17)15-8-10-16(11-9-15)30-31(6,7)22(3,4)5/h8-11,17-21,25-26H,12H2,1-7H3/t17-,18+,19-,20?,21-/m1/s1. The van der Waals surface area contributed by atoms with E-state index in [1.54, 1.807) is 24.3 Å². The zero-order valence-electron chi connectivity index (χ0n) is 19.2. The van der Waals surface area contributed by atoms with Crippen molar-refractivity contribution in [1.82, 2.24) is 0 Å². The number of carbonyl (C=O) groups excluding carboxylic acids is 2. The van der Waals surface area contributed by atoms with E-state index in [-0.39, 0.29) is 11.6 Å². The predicted octanol–water partition coefficient (Wildman–Crippen LogP) is 2.73. The van der Waals surface area contributed by atoms with Gasteiger partial charge in [0.15, 0.2) is 6.10 Å². The normalized spacial score (nSPS) is 26.8. The second-order valence-electron chi connectivity index (χ2n) is 9.38. The van der Waals surface area contributed by atoms with Gasteiger partial charge in [0.25, 0.3) is 0 Å². The molecule has 0 amide bonds. The molecule has 2 N–H and O–H groups in total. The van der Waals surface area contributed by atoms with Crippen LogP contribution in [0.15, 0.2) is 24.3 Å². The van der Waals surface area contributed by atoms with Gasteiger partial charge in [-0.05, 0) is 35.8 Å². The molecule has 174 valence electrons. The van der Waals surface area contributed by atoms with Crippen molar-refractivity contribution < 1.29 is 38.4 Å². The SMILES string of the molecule is CC(=O)OC[C@H]1OC(c2ccc(O[Si](C)(C)C(C)(C)C)cc2)[C@@H](O)[C@@H](O)[C@@H]1OC(C)=O. The maximum atomic E-state index is 11.4. The summed E-state index contributed by atoms with van der Waals surface area (Å²) in [6.45, 7) is 13.0. The summed E-state index contributed by atoms with van der Waals surface area (Å²) in [5.74, 6) is -0.455. The maximum absolute atomic E-state index is 11.4. The Kier molecular flexibility index (Phi) is 7.91. The average Bonchev–Trinajstić information content (AvgIpc) is 2.64. The number of aliphatic hydroxyl groups excluding tert-OH is 2. The van der Waals surface area contributed by atoms with Crippen molar-refractivity contribution in [3.05, 3.63) is 29.8 Å². The molecule has 1 aromatic carbocycles. The van der Waals surface area contributed by atoms with Gasteiger partial charge in [-0.25, -0.2) is 0 Å². The number of hydrogen-bond acceptors (Lipinski definition) is 8. The Morgan fingerprint density at radius 3 is 2.10 bits per heavy atom. The molecule has 1 aliphatic heterocycles. The minimum atomic E-state index is -2.00. The Hall–Kier alpha value is -1.94. The Labute approximate surface area is 184 Å². The fourth-order valence-electron chi connectivity index (χ4n) is 3.06. The lowest BCUT2D eigenvalue weighted by atomic mass is 9.91. The van der Waals surface area contributed by atoms with Crippen LogP contribution < -0.4 is 4.43 Å². The molecule has 0 aliphatic carbocycles. The highest BCUT2D eigenvalue weighted by Crippen LogP contribution is 2.38. The number of benzene rings is 1. The molecule has 0 bridgehead atoms. The van der Waals surface area contributed by atoms with Crippen LogP contribution in [0.3, 0.4) is 0 Å². The van der Waals surface area contributed by atoms with E-state index in [0.717, 1.165) is 5.75 Å². The molecule has 1 saturated heterocycles. The van der Waals surface area contributed by atoms with Gasteiger partial charge in [-0.3, -0.25) is 9.59 Å². The summed E-state index contributed by atoms with van der Waals surface area (Å²) in [5, 5.41) is 21.3. The minimum Gasteiger partial charge on any atom is -0.544 e. The zero-order valence-corrected chi connectivity index (χ0v) is 20.2. The van der Waals surface area contributed by atoms with Crippen LogP contribution in [0.1, 0.15) is 46.3 Å². The van der Waals surface area contributed by atoms with Crippen molar-refractivity contribution in [1.29, 1.82) is 0 Å². The van der Waals surface area contributed by atoms with Crippen LogP contribution in [0, 0.1) is 0 Å². The summed E-state index contributed by atoms with van der Waals surface area (Å²) in [6.07, 6.45) is -5.75. The highest BCUT2D eigenvalue weighted by atomic mass is 28.4. The molecular formula is C22H34O8Si. The monoisotopic (exact) mass is 454 g/mol. The topological polar surface area (TPSA) is 112 Å². The first kappa shape index (κ1) is 25.3. The second-order valence-corrected chi connectivity index (χ2v) is 14.1. The van der Waals surface area contributed by atoms with Gasteiger partial charge in [0, 0.05) is 13.8 Å². The van der Waals surface area contributed by atoms with E-state index in [0.29, 0.717) is 5.56 Å². The number of aliphatic hydroxyl groups is 2. The molecule has 2 rings (SSSR count). The lowest BCUT2D eigenvalue weighted by Crippen LogP contribution is -2.57. The van der Waals surface area contributed by atoms with E-state index in [1.165, 1.54) is 13.8 Å². The van der Waals surface area contributed by atoms with Crippen molar-refractivity contribution in [3.8, 4) is 5.75 Å². The van der Waals surface area contributed by atoms with Crippen molar-refractivity contribution in [3.63, 3.8) is 0 Å². The molecule has 1 fully saturated rings. The van der Waals surface area contributed by atoms with Gasteiger partial charge in [0.2, 0.25) is 8.32 Å². The maximum Gasteiger partial charge on any atom is 0.303 e. The molecule has 1 aliphatic rings. The Bertz CT molecular complexity index is 771. The molecule has 0 saturated carbocycles. The summed E-state index contributed by atoms with van der Waals surface area (Å²) < 4.78 is 22.3. The summed E-state index contributed by atoms with van der Waals surface area (Å²) in [6, 6.07) is 7.13. The Balaban J connectivity index is 2.22. The number of rotatable bonds is 6. The van der Waals surface area contributed by atoms with E-state index in [2.05, 4.69) is 33.9 Å². The Morgan fingerprint density at radius 2 is 1.61 bits per heavy atom. The number of hydrogen-bond donors (Lipinski definition) is 2. The van der Waals surface area contributed by atoms with Crippen LogP contribution in [-0.4, -0.2) is 61.5 Å². The first-order valence-electron chi connectivity index (χ1n) is 10.3. The third kappa shape index (κ3) is 6.28. The highest BCUT2D eigenvalue weighted by Gasteiger charge is 2.47. The molecule has 0 radical (unpaired) electrons. The average molecular weight is 455 g/mol. The zero-order chi connectivity index (χ0) is 23.6. The third-order valence-electron chi connectivity index (χ3n) is 5.83. The first-order chi connectivity index (χ1) is 14.2. The molecule has 1 heterocycles. The summed E-state index contributed by atoms with van der Waals surface area (Å²) in [4.78, 5) is 22.7. The number of esters is 2. The van der Waals surface area contributed by atoms with E-state index in [9.17, 15) is 19.8 Å². The Morgan fingerprint density at radius 1 is 1.03 bits per heavy atom. The van der Waals surface area contributed by atoms with Crippen molar-refractivity contribution >= 4 is 20.3 Å². The van der Waals surface area contributed by atoms with Crippen molar-refractivity contribution in [2.75, 3.05) is 6.61 Å². The van der Waals surface area contributed by atoms with Gasteiger partial charge in [0.1, 0.15) is 36.8 Å². The number of carbonyl (C=O) groups is 2. The molecule has 1 unspecified atom stereocenters. The van der Waals surface area contributed by atoms with E-state index < -0.39 is 50.8 Å². The van der Waals surface area contributed by atoms with Crippen LogP contribution in [0.2, 0.25) is 18.1 Å². The van der Waals surface area contributed by atoms with Crippen LogP contribution in [0.25, 0.3) is 0 Å². The highest BCUT2D eigenvalue weighted by molar-refractivity contribution is 6.74. The molecule has 0 spiro atoms. The van der Waals surface area contributed by atoms with E-state index in [1.807, 2.05) is 0 Å². The molecule has 31 heavy (non-hydrogen) atoms. The molecule has 8 nitrogen and oxygen atoms in total. The molecule has 0 aromatic heterocycles. The fourth-order valence-corrected chi connectivity index (χ4v) is 4.09. The lowest BCUT2D eigenvalue weighted by Gasteiger charge is -2.42. The van der Waals surface area contributed by atoms with E-state index in [4.69, 9.17) is 18.6 Å². The van der Waals surface area contributed by atoms with Gasteiger partial charge in [0.05, 0.1) is 0 Å². The molecule has 9 heteroatoms. The van der Waals surface area contributed by atoms with Gasteiger partial charge in [-0.15, -0.1) is 0 Å². The third-order valence-corrected chi connectivity index (χ3v) is 10.2. The van der Waals surface area contributed by atoms with Crippen LogP contribution in [0.4, 0.5) is 0 Å². The van der Waals surface area contributed by atoms with Crippen LogP contribution in [0.5, 0.6) is 5.75 Å². The summed E-state index contributed by atoms with van der Waals surface area (Å²) in [5.41, 5.74) is 0.614. The molecule has 1 aromatic rings. The van der Waals surface area contributed by atoms with Crippen molar-refractivity contribution in [2.24, 2.45) is 0 Å². The summed E-state index contributed by atoms with van der Waals surface area (Å²) >= 11 is 0. The van der Waals surface area contributed by atoms with Gasteiger partial charge in [-0.1, -0.05) is 32.9 Å². The molecule has 5 atom stereocenters. The van der Waals surface area contributed by atoms with Crippen LogP contribution >= 0.6 is 0 Å². The second kappa shape index (κ2) is 9.68. The first-order valence-corrected chi connectivity index (χ1v) is 13.2. The lowest BCUT2D eigenvalue weighted by molar-refractivity contribution is -0.242. The fraction of sp³-hybridized carbons (Fsp3) is 0.636.